The summed E-state index contributed by atoms with van der Waals surface area (Å²) in [6.45, 7) is 4.38. The van der Waals surface area contributed by atoms with Crippen molar-refractivity contribution in [2.24, 2.45) is 0 Å². The van der Waals surface area contributed by atoms with Gasteiger partial charge >= 0.3 is 11.9 Å². The van der Waals surface area contributed by atoms with Crippen LogP contribution in [0.25, 0.3) is 0 Å². The third-order valence-corrected chi connectivity index (χ3v) is 5.97. The van der Waals surface area contributed by atoms with E-state index in [1.165, 1.54) is 83.5 Å². The fourth-order valence-corrected chi connectivity index (χ4v) is 3.72. The molecular formula is C27H50O8. The van der Waals surface area contributed by atoms with Crippen molar-refractivity contribution in [1.82, 2.24) is 0 Å². The van der Waals surface area contributed by atoms with Crippen LogP contribution in [0.3, 0.4) is 0 Å². The second-order valence-corrected chi connectivity index (χ2v) is 9.23. The molecule has 1 heterocycles. The third-order valence-electron chi connectivity index (χ3n) is 5.97. The van der Waals surface area contributed by atoms with Crippen LogP contribution in [0.4, 0.5) is 0 Å². The van der Waals surface area contributed by atoms with Crippen LogP contribution in [0.1, 0.15) is 123 Å². The molecule has 8 nitrogen and oxygen atoms in total. The molecule has 4 N–H and O–H groups in total. The fourth-order valence-electron chi connectivity index (χ4n) is 3.72. The zero-order valence-electron chi connectivity index (χ0n) is 22.0. The molecule has 0 aliphatic carbocycles. The number of rotatable bonds is 20. The summed E-state index contributed by atoms with van der Waals surface area (Å²) in [5.74, 6) is -2.77. The first-order valence-corrected chi connectivity index (χ1v) is 13.7. The Kier molecular flexibility index (Phi) is 21.5. The molecule has 1 aliphatic heterocycles. The molecule has 1 aliphatic rings. The maximum absolute atomic E-state index is 11.5. The Morgan fingerprint density at radius 3 is 1.71 bits per heavy atom. The molecule has 8 heteroatoms. The van der Waals surface area contributed by atoms with Gasteiger partial charge in [0.15, 0.2) is 11.9 Å². The van der Waals surface area contributed by atoms with Gasteiger partial charge < -0.3 is 29.9 Å². The molecule has 0 aromatic heterocycles. The highest BCUT2D eigenvalue weighted by molar-refractivity contribution is 5.89. The smallest absolute Gasteiger partial charge is 0.377 e. The molecule has 0 bridgehead atoms. The molecule has 0 saturated carbocycles. The maximum Gasteiger partial charge on any atom is 0.377 e. The predicted octanol–water partition coefficient (Wildman–Crippen LogP) is 5.79. The monoisotopic (exact) mass is 502 g/mol. The van der Waals surface area contributed by atoms with Gasteiger partial charge in [0.1, 0.15) is 6.10 Å². The van der Waals surface area contributed by atoms with Crippen molar-refractivity contribution >= 4 is 11.9 Å². The van der Waals surface area contributed by atoms with E-state index in [1.54, 1.807) is 0 Å². The third kappa shape index (κ3) is 17.3. The van der Waals surface area contributed by atoms with Crippen molar-refractivity contribution in [2.45, 2.75) is 135 Å². The molecule has 1 rings (SSSR count). The van der Waals surface area contributed by atoms with Crippen LogP contribution in [0.2, 0.25) is 0 Å². The van der Waals surface area contributed by atoms with Crippen LogP contribution in [0.5, 0.6) is 0 Å². The van der Waals surface area contributed by atoms with Gasteiger partial charge in [-0.15, -0.1) is 0 Å². The standard InChI is InChI=1S/C21H42O2.C6H8O6/c1-3-5-7-8-9-10-11-12-13-14-15-16-17-19-21(22)23-20-18-6-4-2;7-1-2(8)5-3(9)4(10)6(11)12-5/h3-20H2,1-2H3;2,5,7-10H,1H2/t;2?,5-/m.1/s1. The first-order valence-electron chi connectivity index (χ1n) is 13.7. The van der Waals surface area contributed by atoms with Gasteiger partial charge in [-0.3, -0.25) is 4.79 Å². The van der Waals surface area contributed by atoms with Gasteiger partial charge in [0.05, 0.1) is 13.2 Å². The molecule has 35 heavy (non-hydrogen) atoms. The normalized spacial score (nSPS) is 16.0. The minimum atomic E-state index is -1.42. The van der Waals surface area contributed by atoms with Gasteiger partial charge in [0.2, 0.25) is 5.76 Å². The van der Waals surface area contributed by atoms with Gasteiger partial charge in [0, 0.05) is 6.42 Å². The van der Waals surface area contributed by atoms with Crippen molar-refractivity contribution in [2.75, 3.05) is 13.2 Å². The molecule has 0 amide bonds. The van der Waals surface area contributed by atoms with Crippen LogP contribution in [0.15, 0.2) is 11.5 Å². The second kappa shape index (κ2) is 22.7. The molecule has 2 atom stereocenters. The minimum absolute atomic E-state index is 0.00387. The van der Waals surface area contributed by atoms with Crippen LogP contribution < -0.4 is 0 Å². The van der Waals surface area contributed by atoms with Crippen LogP contribution in [-0.4, -0.2) is 57.8 Å². The minimum Gasteiger partial charge on any atom is -0.505 e. The van der Waals surface area contributed by atoms with Crippen molar-refractivity contribution in [3.05, 3.63) is 11.5 Å². The lowest BCUT2D eigenvalue weighted by Crippen LogP contribution is -2.31. The zero-order chi connectivity index (χ0) is 26.3. The Labute approximate surface area is 211 Å². The second-order valence-electron chi connectivity index (χ2n) is 9.23. The summed E-state index contributed by atoms with van der Waals surface area (Å²) < 4.78 is 9.53. The number of hydrogen-bond acceptors (Lipinski definition) is 8. The van der Waals surface area contributed by atoms with Crippen molar-refractivity contribution in [1.29, 1.82) is 0 Å². The zero-order valence-corrected chi connectivity index (χ0v) is 22.0. The van der Waals surface area contributed by atoms with Gasteiger partial charge in [-0.1, -0.05) is 104 Å². The van der Waals surface area contributed by atoms with E-state index in [4.69, 9.17) is 25.2 Å². The highest BCUT2D eigenvalue weighted by Crippen LogP contribution is 2.21. The lowest BCUT2D eigenvalue weighted by atomic mass is 10.0. The molecule has 0 aromatic carbocycles. The number of aliphatic hydroxyl groups is 4. The molecular weight excluding hydrogens is 452 g/mol. The van der Waals surface area contributed by atoms with E-state index in [-0.39, 0.29) is 5.97 Å². The molecule has 206 valence electrons. The quantitative estimate of drug-likeness (QED) is 0.121. The number of carbonyl (C=O) groups excluding carboxylic acids is 2. The number of carbonyl (C=O) groups is 2. The highest BCUT2D eigenvalue weighted by Gasteiger charge is 2.38. The number of aliphatic hydroxyl groups excluding tert-OH is 4. The Bertz CT molecular complexity index is 576. The lowest BCUT2D eigenvalue weighted by Gasteiger charge is -2.13. The molecule has 0 fully saturated rings. The maximum atomic E-state index is 11.5. The SMILES string of the molecule is CCCCCCCCCCCCCCCC(=O)OCCCCC.O=C1O[C@H](C(O)CO)C(O)=C1O. The van der Waals surface area contributed by atoms with E-state index in [0.717, 1.165) is 19.3 Å². The Balaban J connectivity index is 0.000000801. The van der Waals surface area contributed by atoms with Crippen molar-refractivity contribution in [3.63, 3.8) is 0 Å². The van der Waals surface area contributed by atoms with Gasteiger partial charge in [0.25, 0.3) is 0 Å². The Morgan fingerprint density at radius 1 is 0.829 bits per heavy atom. The largest absolute Gasteiger partial charge is 0.505 e. The van der Waals surface area contributed by atoms with Gasteiger partial charge in [-0.05, 0) is 12.8 Å². The summed E-state index contributed by atoms with van der Waals surface area (Å²) in [5.41, 5.74) is 0. The number of ether oxygens (including phenoxy) is 2. The lowest BCUT2D eigenvalue weighted by molar-refractivity contribution is -0.147. The molecule has 0 spiro atoms. The topological polar surface area (TPSA) is 134 Å². The summed E-state index contributed by atoms with van der Waals surface area (Å²) in [5, 5.41) is 35.0. The molecule has 1 unspecified atom stereocenters. The summed E-state index contributed by atoms with van der Waals surface area (Å²) in [6.07, 6.45) is 18.6. The Hall–Kier alpha value is -1.80. The van der Waals surface area contributed by atoms with Crippen LogP contribution in [-0.2, 0) is 19.1 Å². The van der Waals surface area contributed by atoms with Gasteiger partial charge in [-0.2, -0.15) is 0 Å². The van der Waals surface area contributed by atoms with Crippen molar-refractivity contribution in [3.8, 4) is 0 Å². The summed E-state index contributed by atoms with van der Waals surface area (Å²) >= 11 is 0. The number of unbranched alkanes of at least 4 members (excludes halogenated alkanes) is 14. The van der Waals surface area contributed by atoms with E-state index < -0.39 is 36.3 Å². The average Bonchev–Trinajstić information content (AvgIpc) is 3.11. The first kappa shape index (κ1) is 33.2. The summed E-state index contributed by atoms with van der Waals surface area (Å²) in [6, 6.07) is 0. The van der Waals surface area contributed by atoms with E-state index in [2.05, 4.69) is 18.6 Å². The molecule has 0 radical (unpaired) electrons. The summed E-state index contributed by atoms with van der Waals surface area (Å²) in [4.78, 5) is 22.0. The number of cyclic esters (lactones) is 1. The van der Waals surface area contributed by atoms with Crippen molar-refractivity contribution < 1.29 is 39.5 Å². The van der Waals surface area contributed by atoms with Crippen LogP contribution >= 0.6 is 0 Å². The molecule has 0 saturated heterocycles. The van der Waals surface area contributed by atoms with Gasteiger partial charge in [-0.25, -0.2) is 4.79 Å². The van der Waals surface area contributed by atoms with E-state index in [1.807, 2.05) is 0 Å². The average molecular weight is 503 g/mol. The first-order chi connectivity index (χ1) is 16.9. The molecule has 0 aromatic rings. The summed E-state index contributed by atoms with van der Waals surface area (Å²) in [7, 11) is 0. The highest BCUT2D eigenvalue weighted by atomic mass is 16.6. The van der Waals surface area contributed by atoms with E-state index >= 15 is 0 Å². The Morgan fingerprint density at radius 2 is 1.29 bits per heavy atom. The van der Waals surface area contributed by atoms with E-state index in [0.29, 0.717) is 13.0 Å². The predicted molar refractivity (Wildman–Crippen MR) is 136 cm³/mol. The van der Waals surface area contributed by atoms with Crippen LogP contribution in [0, 0.1) is 0 Å². The number of esters is 2. The number of hydrogen-bond donors (Lipinski definition) is 4. The fraction of sp³-hybridized carbons (Fsp3) is 0.852. The van der Waals surface area contributed by atoms with E-state index in [9.17, 15) is 9.59 Å².